The molecule has 20 heavy (non-hydrogen) atoms. The van der Waals surface area contributed by atoms with Crippen LogP contribution in [0.3, 0.4) is 0 Å². The minimum Gasteiger partial charge on any atom is -0.393 e. The first kappa shape index (κ1) is 13.6. The molecular weight excluding hydrogens is 258 g/mol. The Morgan fingerprint density at radius 1 is 1.30 bits per heavy atom. The average molecular weight is 273 g/mol. The number of hydrogen-bond donors (Lipinski definition) is 3. The zero-order valence-corrected chi connectivity index (χ0v) is 11.2. The molecule has 0 atom stereocenters. The van der Waals surface area contributed by atoms with Gasteiger partial charge in [0.2, 0.25) is 5.95 Å². The Bertz CT molecular complexity index is 676. The van der Waals surface area contributed by atoms with Crippen LogP contribution in [0, 0.1) is 0 Å². The van der Waals surface area contributed by atoms with Crippen molar-refractivity contribution in [2.45, 2.75) is 0 Å². The number of amides is 1. The van der Waals surface area contributed by atoms with E-state index in [1.807, 2.05) is 0 Å². The molecule has 0 spiro atoms. The van der Waals surface area contributed by atoms with E-state index in [0.29, 0.717) is 11.3 Å². The first-order valence-corrected chi connectivity index (χ1v) is 5.91. The fraction of sp³-hybridized carbons (Fsp3) is 0.154. The molecule has 0 fully saturated rings. The van der Waals surface area contributed by atoms with E-state index in [-0.39, 0.29) is 17.5 Å². The third-order valence-electron chi connectivity index (χ3n) is 2.63. The average Bonchev–Trinajstić information content (AvgIpc) is 2.43. The van der Waals surface area contributed by atoms with Gasteiger partial charge < -0.3 is 16.0 Å². The number of carbonyl (C=O) groups excluding carboxylic acids is 1. The van der Waals surface area contributed by atoms with Gasteiger partial charge in [-0.15, -0.1) is 0 Å². The lowest BCUT2D eigenvalue weighted by Gasteiger charge is -2.11. The second-order valence-electron chi connectivity index (χ2n) is 4.42. The molecule has 0 saturated carbocycles. The van der Waals surface area contributed by atoms with Crippen LogP contribution in [0.1, 0.15) is 10.4 Å². The van der Waals surface area contributed by atoms with E-state index in [2.05, 4.69) is 15.3 Å². The van der Waals surface area contributed by atoms with Gasteiger partial charge in [0.05, 0.1) is 6.20 Å². The van der Waals surface area contributed by atoms with Crippen LogP contribution >= 0.6 is 0 Å². The molecule has 0 unspecified atom stereocenters. The quantitative estimate of drug-likeness (QED) is 0.767. The highest BCUT2D eigenvalue weighted by atomic mass is 16.2. The van der Waals surface area contributed by atoms with E-state index >= 15 is 0 Å². The number of anilines is 3. The van der Waals surface area contributed by atoms with E-state index in [4.69, 9.17) is 5.73 Å². The Morgan fingerprint density at radius 2 is 1.95 bits per heavy atom. The molecular formula is C13H15N5O2. The first-order valence-electron chi connectivity index (χ1n) is 5.91. The van der Waals surface area contributed by atoms with Crippen LogP contribution in [0.2, 0.25) is 0 Å². The van der Waals surface area contributed by atoms with Crippen molar-refractivity contribution in [3.8, 4) is 0 Å². The van der Waals surface area contributed by atoms with Gasteiger partial charge in [-0.2, -0.15) is 0 Å². The van der Waals surface area contributed by atoms with Gasteiger partial charge in [-0.25, -0.2) is 4.98 Å². The van der Waals surface area contributed by atoms with E-state index in [1.54, 1.807) is 38.4 Å². The third-order valence-corrected chi connectivity index (χ3v) is 2.63. The Kier molecular flexibility index (Phi) is 3.69. The summed E-state index contributed by atoms with van der Waals surface area (Å²) in [6.07, 6.45) is 1.28. The highest BCUT2D eigenvalue weighted by Crippen LogP contribution is 2.14. The molecule has 4 N–H and O–H groups in total. The van der Waals surface area contributed by atoms with E-state index in [0.717, 1.165) is 0 Å². The molecule has 7 nitrogen and oxygen atoms in total. The molecule has 0 aliphatic heterocycles. The number of hydrogen-bond acceptors (Lipinski definition) is 5. The second kappa shape index (κ2) is 5.43. The topological polar surface area (TPSA) is 104 Å². The number of nitrogens with two attached hydrogens (primary N) is 1. The molecule has 104 valence electrons. The largest absolute Gasteiger partial charge is 0.393 e. The van der Waals surface area contributed by atoms with Gasteiger partial charge in [-0.1, -0.05) is 0 Å². The number of aromatic nitrogens is 2. The van der Waals surface area contributed by atoms with E-state index in [9.17, 15) is 9.59 Å². The Labute approximate surface area is 115 Å². The fourth-order valence-corrected chi connectivity index (χ4v) is 1.56. The molecule has 0 bridgehead atoms. The van der Waals surface area contributed by atoms with Crippen molar-refractivity contribution in [1.82, 2.24) is 14.9 Å². The summed E-state index contributed by atoms with van der Waals surface area (Å²) in [6, 6.07) is 6.85. The molecule has 1 aromatic carbocycles. The summed E-state index contributed by atoms with van der Waals surface area (Å²) in [7, 11) is 3.38. The number of nitrogens with one attached hydrogen (secondary N) is 2. The van der Waals surface area contributed by atoms with Crippen molar-refractivity contribution in [2.24, 2.45) is 0 Å². The van der Waals surface area contributed by atoms with Crippen LogP contribution in [0.25, 0.3) is 0 Å². The second-order valence-corrected chi connectivity index (χ2v) is 4.42. The number of rotatable bonds is 3. The van der Waals surface area contributed by atoms with Gasteiger partial charge >= 0.3 is 0 Å². The van der Waals surface area contributed by atoms with Gasteiger partial charge in [-0.3, -0.25) is 14.6 Å². The minimum atomic E-state index is -0.401. The van der Waals surface area contributed by atoms with Crippen LogP contribution < -0.4 is 16.6 Å². The highest BCUT2D eigenvalue weighted by molar-refractivity contribution is 5.94. The summed E-state index contributed by atoms with van der Waals surface area (Å²) in [5.74, 6) is 0.214. The summed E-state index contributed by atoms with van der Waals surface area (Å²) in [5, 5.41) is 2.92. The Morgan fingerprint density at radius 3 is 2.50 bits per heavy atom. The molecule has 1 aromatic heterocycles. The van der Waals surface area contributed by atoms with Gasteiger partial charge in [0.15, 0.2) is 0 Å². The van der Waals surface area contributed by atoms with Gasteiger partial charge in [-0.05, 0) is 24.3 Å². The Balaban J connectivity index is 2.16. The number of carbonyl (C=O) groups is 1. The Hall–Kier alpha value is -2.83. The van der Waals surface area contributed by atoms with Crippen molar-refractivity contribution in [3.63, 3.8) is 0 Å². The molecule has 1 heterocycles. The molecule has 2 aromatic rings. The molecule has 1 amide bonds. The number of nitrogens with zero attached hydrogens (tertiary/aromatic N) is 2. The summed E-state index contributed by atoms with van der Waals surface area (Å²) in [4.78, 5) is 31.0. The van der Waals surface area contributed by atoms with E-state index in [1.165, 1.54) is 11.1 Å². The maximum atomic E-state index is 11.7. The lowest BCUT2D eigenvalue weighted by Crippen LogP contribution is -2.21. The lowest BCUT2D eigenvalue weighted by molar-refractivity contribution is 0.0827. The maximum absolute atomic E-state index is 11.7. The minimum absolute atomic E-state index is 0.0578. The van der Waals surface area contributed by atoms with Crippen molar-refractivity contribution in [3.05, 3.63) is 46.4 Å². The standard InChI is InChI=1S/C13H15N5O2/c1-18(2)12(20)8-3-5-9(6-4-8)16-13-15-7-10(14)11(19)17-13/h3-7H,14H2,1-2H3,(H2,15,16,17,19). The summed E-state index contributed by atoms with van der Waals surface area (Å²) in [6.45, 7) is 0. The molecule has 7 heteroatoms. The van der Waals surface area contributed by atoms with Crippen LogP contribution in [0.15, 0.2) is 35.3 Å². The van der Waals surface area contributed by atoms with Crippen molar-refractivity contribution in [2.75, 3.05) is 25.1 Å². The van der Waals surface area contributed by atoms with Gasteiger partial charge in [0.25, 0.3) is 11.5 Å². The number of aromatic amines is 1. The normalized spacial score (nSPS) is 10.1. The molecule has 0 aliphatic rings. The molecule has 0 saturated heterocycles. The summed E-state index contributed by atoms with van der Waals surface area (Å²) < 4.78 is 0. The van der Waals surface area contributed by atoms with Gasteiger partial charge in [0, 0.05) is 25.3 Å². The number of benzene rings is 1. The van der Waals surface area contributed by atoms with Crippen LogP contribution in [0.5, 0.6) is 0 Å². The highest BCUT2D eigenvalue weighted by Gasteiger charge is 2.07. The SMILES string of the molecule is CN(C)C(=O)c1ccc(Nc2ncc(N)c(=O)[nH]2)cc1. The van der Waals surface area contributed by atoms with Crippen molar-refractivity contribution < 1.29 is 4.79 Å². The monoisotopic (exact) mass is 273 g/mol. The number of nitrogen functional groups attached to an aromatic ring is 1. The summed E-state index contributed by atoms with van der Waals surface area (Å²) >= 11 is 0. The molecule has 2 rings (SSSR count). The lowest BCUT2D eigenvalue weighted by atomic mass is 10.2. The smallest absolute Gasteiger partial charge is 0.275 e. The molecule has 0 aliphatic carbocycles. The fourth-order valence-electron chi connectivity index (χ4n) is 1.56. The van der Waals surface area contributed by atoms with Crippen molar-refractivity contribution in [1.29, 1.82) is 0 Å². The van der Waals surface area contributed by atoms with Crippen LogP contribution in [0.4, 0.5) is 17.3 Å². The van der Waals surface area contributed by atoms with Gasteiger partial charge in [0.1, 0.15) is 5.69 Å². The summed E-state index contributed by atoms with van der Waals surface area (Å²) in [5.41, 5.74) is 6.33. The van der Waals surface area contributed by atoms with Crippen LogP contribution in [-0.2, 0) is 0 Å². The van der Waals surface area contributed by atoms with Crippen molar-refractivity contribution >= 4 is 23.2 Å². The predicted octanol–water partition coefficient (Wildman–Crippen LogP) is 0.797. The number of H-pyrrole nitrogens is 1. The third kappa shape index (κ3) is 2.94. The van der Waals surface area contributed by atoms with Crippen LogP contribution in [-0.4, -0.2) is 34.9 Å². The van der Waals surface area contributed by atoms with E-state index < -0.39 is 5.56 Å². The predicted molar refractivity (Wildman–Crippen MR) is 77.0 cm³/mol. The molecule has 0 radical (unpaired) electrons. The first-order chi connectivity index (χ1) is 9.47. The maximum Gasteiger partial charge on any atom is 0.275 e. The zero-order chi connectivity index (χ0) is 14.7. The zero-order valence-electron chi connectivity index (χ0n) is 11.2.